The average Bonchev–Trinajstić information content (AvgIpc) is 2.90. The summed E-state index contributed by atoms with van der Waals surface area (Å²) in [5.41, 5.74) is 0.731. The first-order valence-electron chi connectivity index (χ1n) is 6.59. The van der Waals surface area contributed by atoms with Gasteiger partial charge in [0.05, 0.1) is 11.6 Å². The van der Waals surface area contributed by atoms with Gasteiger partial charge in [-0.3, -0.25) is 4.79 Å². The molecule has 0 unspecified atom stereocenters. The third-order valence-corrected chi connectivity index (χ3v) is 3.66. The molecule has 20 heavy (non-hydrogen) atoms. The maximum Gasteiger partial charge on any atom is 0.246 e. The van der Waals surface area contributed by atoms with E-state index in [0.717, 1.165) is 24.9 Å². The van der Waals surface area contributed by atoms with Gasteiger partial charge in [0.1, 0.15) is 0 Å². The largest absolute Gasteiger partial charge is 0.337 e. The summed E-state index contributed by atoms with van der Waals surface area (Å²) in [6.07, 6.45) is 2.59. The van der Waals surface area contributed by atoms with E-state index in [1.807, 2.05) is 18.2 Å². The van der Waals surface area contributed by atoms with Crippen molar-refractivity contribution in [3.63, 3.8) is 0 Å². The lowest BCUT2D eigenvalue weighted by molar-refractivity contribution is -0.134. The molecule has 1 saturated heterocycles. The Kier molecular flexibility index (Phi) is 3.69. The van der Waals surface area contributed by atoms with Crippen LogP contribution in [-0.2, 0) is 11.3 Å². The standard InChI is InChI=1S/C14H14ClN3O2/c15-11-6-2-1-5-10(11)14-16-12(20-17-14)9-18-8-4-3-7-13(18)19/h1-2,5-6H,3-4,7-9H2. The number of likely N-dealkylation sites (tertiary alicyclic amines) is 1. The molecule has 2 heterocycles. The Balaban J connectivity index is 1.77. The Morgan fingerprint density at radius 3 is 2.95 bits per heavy atom. The number of halogens is 1. The van der Waals surface area contributed by atoms with Gasteiger partial charge in [-0.25, -0.2) is 0 Å². The zero-order chi connectivity index (χ0) is 13.9. The lowest BCUT2D eigenvalue weighted by Crippen LogP contribution is -2.34. The van der Waals surface area contributed by atoms with Gasteiger partial charge in [0, 0.05) is 18.5 Å². The molecule has 1 amide bonds. The molecule has 1 aliphatic heterocycles. The summed E-state index contributed by atoms with van der Waals surface area (Å²) in [7, 11) is 0. The molecule has 2 aromatic rings. The van der Waals surface area contributed by atoms with E-state index in [1.165, 1.54) is 0 Å². The zero-order valence-corrected chi connectivity index (χ0v) is 11.6. The lowest BCUT2D eigenvalue weighted by atomic mass is 10.1. The number of rotatable bonds is 3. The Morgan fingerprint density at radius 2 is 2.15 bits per heavy atom. The van der Waals surface area contributed by atoms with Crippen molar-refractivity contribution in [1.29, 1.82) is 0 Å². The second-order valence-corrected chi connectivity index (χ2v) is 5.17. The number of piperidine rings is 1. The van der Waals surface area contributed by atoms with Crippen molar-refractivity contribution >= 4 is 17.5 Å². The zero-order valence-electron chi connectivity index (χ0n) is 10.9. The van der Waals surface area contributed by atoms with Crippen molar-refractivity contribution in [1.82, 2.24) is 15.0 Å². The van der Waals surface area contributed by atoms with Crippen molar-refractivity contribution in [2.45, 2.75) is 25.8 Å². The third-order valence-electron chi connectivity index (χ3n) is 3.33. The first kappa shape index (κ1) is 13.1. The van der Waals surface area contributed by atoms with Crippen molar-refractivity contribution in [2.24, 2.45) is 0 Å². The molecule has 0 radical (unpaired) electrons. The number of carbonyl (C=O) groups excluding carboxylic acids is 1. The minimum atomic E-state index is 0.147. The van der Waals surface area contributed by atoms with Gasteiger partial charge in [-0.2, -0.15) is 4.98 Å². The highest BCUT2D eigenvalue weighted by Crippen LogP contribution is 2.25. The van der Waals surface area contributed by atoms with Gasteiger partial charge in [0.15, 0.2) is 0 Å². The predicted octanol–water partition coefficient (Wildman–Crippen LogP) is 2.90. The first-order chi connectivity index (χ1) is 9.74. The second kappa shape index (κ2) is 5.63. The molecule has 0 spiro atoms. The molecule has 104 valence electrons. The maximum atomic E-state index is 11.7. The number of benzene rings is 1. The first-order valence-corrected chi connectivity index (χ1v) is 6.97. The van der Waals surface area contributed by atoms with Crippen LogP contribution in [0.4, 0.5) is 0 Å². The quantitative estimate of drug-likeness (QED) is 0.872. The van der Waals surface area contributed by atoms with Gasteiger partial charge >= 0.3 is 0 Å². The number of nitrogens with zero attached hydrogens (tertiary/aromatic N) is 3. The number of amides is 1. The highest BCUT2D eigenvalue weighted by Gasteiger charge is 2.21. The molecule has 1 aromatic carbocycles. The summed E-state index contributed by atoms with van der Waals surface area (Å²) < 4.78 is 5.21. The smallest absolute Gasteiger partial charge is 0.246 e. The summed E-state index contributed by atoms with van der Waals surface area (Å²) in [5, 5.41) is 4.51. The normalized spacial score (nSPS) is 15.7. The molecule has 0 N–H and O–H groups in total. The topological polar surface area (TPSA) is 59.2 Å². The minimum Gasteiger partial charge on any atom is -0.337 e. The highest BCUT2D eigenvalue weighted by molar-refractivity contribution is 6.33. The van der Waals surface area contributed by atoms with Gasteiger partial charge in [0.2, 0.25) is 17.6 Å². The van der Waals surface area contributed by atoms with Gasteiger partial charge in [-0.15, -0.1) is 0 Å². The van der Waals surface area contributed by atoms with Crippen molar-refractivity contribution in [3.8, 4) is 11.4 Å². The summed E-state index contributed by atoms with van der Waals surface area (Å²) >= 11 is 6.10. The van der Waals surface area contributed by atoms with Crippen molar-refractivity contribution in [2.75, 3.05) is 6.54 Å². The van der Waals surface area contributed by atoms with Crippen LogP contribution >= 0.6 is 11.6 Å². The summed E-state index contributed by atoms with van der Waals surface area (Å²) in [6, 6.07) is 7.33. The summed E-state index contributed by atoms with van der Waals surface area (Å²) in [4.78, 5) is 17.8. The summed E-state index contributed by atoms with van der Waals surface area (Å²) in [6.45, 7) is 1.12. The van der Waals surface area contributed by atoms with Crippen LogP contribution in [0.3, 0.4) is 0 Å². The Morgan fingerprint density at radius 1 is 1.30 bits per heavy atom. The molecular formula is C14H14ClN3O2. The number of hydrogen-bond donors (Lipinski definition) is 0. The number of carbonyl (C=O) groups is 1. The van der Waals surface area contributed by atoms with Gasteiger partial charge in [-0.05, 0) is 25.0 Å². The molecule has 1 aliphatic rings. The third kappa shape index (κ3) is 2.67. The molecule has 1 fully saturated rings. The fourth-order valence-corrected chi connectivity index (χ4v) is 2.48. The van der Waals surface area contributed by atoms with E-state index in [9.17, 15) is 4.79 Å². The maximum absolute atomic E-state index is 11.7. The van der Waals surface area contributed by atoms with Gasteiger partial charge in [-0.1, -0.05) is 28.9 Å². The molecule has 0 bridgehead atoms. The molecule has 6 heteroatoms. The van der Waals surface area contributed by atoms with E-state index in [4.69, 9.17) is 16.1 Å². The van der Waals surface area contributed by atoms with Crippen molar-refractivity contribution in [3.05, 3.63) is 35.2 Å². The molecule has 1 aromatic heterocycles. The van der Waals surface area contributed by atoms with Crippen LogP contribution in [-0.4, -0.2) is 27.5 Å². The van der Waals surface area contributed by atoms with E-state index in [2.05, 4.69) is 10.1 Å². The van der Waals surface area contributed by atoms with Crippen LogP contribution in [0.1, 0.15) is 25.2 Å². The van der Waals surface area contributed by atoms with E-state index in [1.54, 1.807) is 11.0 Å². The minimum absolute atomic E-state index is 0.147. The van der Waals surface area contributed by atoms with Crippen LogP contribution in [0.15, 0.2) is 28.8 Å². The van der Waals surface area contributed by atoms with E-state index < -0.39 is 0 Å². The van der Waals surface area contributed by atoms with Crippen LogP contribution in [0, 0.1) is 0 Å². The molecule has 3 rings (SSSR count). The Bertz CT molecular complexity index is 626. The highest BCUT2D eigenvalue weighted by atomic mass is 35.5. The molecular weight excluding hydrogens is 278 g/mol. The van der Waals surface area contributed by atoms with E-state index in [-0.39, 0.29) is 5.91 Å². The summed E-state index contributed by atoms with van der Waals surface area (Å²) in [5.74, 6) is 1.04. The van der Waals surface area contributed by atoms with Crippen LogP contribution in [0.25, 0.3) is 11.4 Å². The Labute approximate surface area is 121 Å². The Hall–Kier alpha value is -1.88. The molecule has 0 atom stereocenters. The molecule has 0 aliphatic carbocycles. The predicted molar refractivity (Wildman–Crippen MR) is 74.0 cm³/mol. The van der Waals surface area contributed by atoms with Crippen molar-refractivity contribution < 1.29 is 9.32 Å². The SMILES string of the molecule is O=C1CCCCN1Cc1nc(-c2ccccc2Cl)no1. The van der Waals surface area contributed by atoms with E-state index >= 15 is 0 Å². The monoisotopic (exact) mass is 291 g/mol. The number of aromatic nitrogens is 2. The fraction of sp³-hybridized carbons (Fsp3) is 0.357. The van der Waals surface area contributed by atoms with Gasteiger partial charge < -0.3 is 9.42 Å². The van der Waals surface area contributed by atoms with Gasteiger partial charge in [0.25, 0.3) is 0 Å². The average molecular weight is 292 g/mol. The second-order valence-electron chi connectivity index (χ2n) is 4.76. The molecule has 0 saturated carbocycles. The van der Waals surface area contributed by atoms with Crippen LogP contribution in [0.2, 0.25) is 5.02 Å². The number of hydrogen-bond acceptors (Lipinski definition) is 4. The van der Waals surface area contributed by atoms with Crippen LogP contribution < -0.4 is 0 Å². The fourth-order valence-electron chi connectivity index (χ4n) is 2.26. The molecule has 5 nitrogen and oxygen atoms in total. The van der Waals surface area contributed by atoms with E-state index in [0.29, 0.717) is 29.7 Å². The van der Waals surface area contributed by atoms with Crippen LogP contribution in [0.5, 0.6) is 0 Å². The lowest BCUT2D eigenvalue weighted by Gasteiger charge is -2.24.